The lowest BCUT2D eigenvalue weighted by Gasteiger charge is -2.24. The van der Waals surface area contributed by atoms with E-state index in [0.29, 0.717) is 5.75 Å². The molecule has 1 atom stereocenters. The summed E-state index contributed by atoms with van der Waals surface area (Å²) in [4.78, 5) is 12.0. The molecule has 0 aliphatic carbocycles. The van der Waals surface area contributed by atoms with Gasteiger partial charge in [0.1, 0.15) is 11.4 Å². The number of carbonyl (C=O) groups is 1. The van der Waals surface area contributed by atoms with Crippen LogP contribution in [0.3, 0.4) is 0 Å². The van der Waals surface area contributed by atoms with Crippen molar-refractivity contribution in [1.82, 2.24) is 5.32 Å². The molecule has 25 heavy (non-hydrogen) atoms. The van der Waals surface area contributed by atoms with Gasteiger partial charge in [-0.25, -0.2) is 0 Å². The van der Waals surface area contributed by atoms with Gasteiger partial charge in [-0.2, -0.15) is 0 Å². The number of hydrogen-bond donors (Lipinski definition) is 2. The number of fused-ring (bicyclic) bond motifs is 1. The molecule has 0 aliphatic heterocycles. The average Bonchev–Trinajstić information content (AvgIpc) is 2.65. The molecule has 0 bridgehead atoms. The van der Waals surface area contributed by atoms with E-state index in [1.807, 2.05) is 72.8 Å². The van der Waals surface area contributed by atoms with Gasteiger partial charge in [0, 0.05) is 0 Å². The zero-order valence-electron chi connectivity index (χ0n) is 14.1. The first-order valence-corrected chi connectivity index (χ1v) is 8.21. The van der Waals surface area contributed by atoms with Crippen LogP contribution < -0.4 is 10.1 Å². The molecule has 0 aromatic heterocycles. The van der Waals surface area contributed by atoms with Crippen LogP contribution in [0.25, 0.3) is 10.8 Å². The van der Waals surface area contributed by atoms with Crippen molar-refractivity contribution >= 4 is 16.7 Å². The monoisotopic (exact) mass is 335 g/mol. The summed E-state index contributed by atoms with van der Waals surface area (Å²) in [5, 5.41) is 15.4. The van der Waals surface area contributed by atoms with E-state index in [0.717, 1.165) is 16.3 Å². The number of hydrogen-bond acceptors (Lipinski definition) is 3. The fraction of sp³-hybridized carbons (Fsp3) is 0.190. The van der Waals surface area contributed by atoms with E-state index in [9.17, 15) is 9.90 Å². The van der Waals surface area contributed by atoms with Gasteiger partial charge in [-0.3, -0.25) is 4.79 Å². The molecule has 0 saturated carbocycles. The lowest BCUT2D eigenvalue weighted by molar-refractivity contribution is -0.124. The quantitative estimate of drug-likeness (QED) is 0.727. The molecule has 4 nitrogen and oxygen atoms in total. The van der Waals surface area contributed by atoms with Crippen LogP contribution in [0.15, 0.2) is 72.8 Å². The summed E-state index contributed by atoms with van der Waals surface area (Å²) < 4.78 is 5.55. The SMILES string of the molecule is C[C@](O)(CNC(=O)COc1ccc2ccccc2c1)c1ccccc1. The fourth-order valence-electron chi connectivity index (χ4n) is 2.63. The molecular formula is C21H21NO3. The summed E-state index contributed by atoms with van der Waals surface area (Å²) in [6, 6.07) is 22.9. The highest BCUT2D eigenvalue weighted by atomic mass is 16.5. The molecule has 3 rings (SSSR count). The molecule has 0 saturated heterocycles. The Hall–Kier alpha value is -2.85. The Morgan fingerprint density at radius 2 is 1.68 bits per heavy atom. The first kappa shape index (κ1) is 17.0. The summed E-state index contributed by atoms with van der Waals surface area (Å²) in [7, 11) is 0. The summed E-state index contributed by atoms with van der Waals surface area (Å²) in [6.07, 6.45) is 0. The topological polar surface area (TPSA) is 58.6 Å². The van der Waals surface area contributed by atoms with E-state index in [4.69, 9.17) is 4.74 Å². The second-order valence-electron chi connectivity index (χ2n) is 6.21. The number of rotatable bonds is 6. The minimum Gasteiger partial charge on any atom is -0.484 e. The molecule has 0 spiro atoms. The number of amides is 1. The maximum absolute atomic E-state index is 12.0. The van der Waals surface area contributed by atoms with Crippen LogP contribution in [0, 0.1) is 0 Å². The molecule has 0 fully saturated rings. The number of ether oxygens (including phenoxy) is 1. The van der Waals surface area contributed by atoms with Crippen LogP contribution in [0.5, 0.6) is 5.75 Å². The molecule has 3 aromatic carbocycles. The normalized spacial score (nSPS) is 13.2. The van der Waals surface area contributed by atoms with Crippen LogP contribution in [0.1, 0.15) is 12.5 Å². The molecule has 0 heterocycles. The Labute approximate surface area is 147 Å². The highest BCUT2D eigenvalue weighted by Crippen LogP contribution is 2.21. The third-order valence-electron chi connectivity index (χ3n) is 4.12. The van der Waals surface area contributed by atoms with Crippen LogP contribution in [-0.4, -0.2) is 24.2 Å². The maximum atomic E-state index is 12.0. The van der Waals surface area contributed by atoms with E-state index in [1.165, 1.54) is 0 Å². The second kappa shape index (κ2) is 7.36. The molecule has 1 amide bonds. The van der Waals surface area contributed by atoms with E-state index in [1.54, 1.807) is 6.92 Å². The maximum Gasteiger partial charge on any atom is 0.258 e. The summed E-state index contributed by atoms with van der Waals surface area (Å²) in [5.41, 5.74) is -0.370. The molecule has 128 valence electrons. The standard InChI is InChI=1S/C21H21NO3/c1-21(24,18-9-3-2-4-10-18)15-22-20(23)14-25-19-12-11-16-7-5-6-8-17(16)13-19/h2-13,24H,14-15H2,1H3,(H,22,23)/t21-/m0/s1. The van der Waals surface area contributed by atoms with Gasteiger partial charge in [-0.15, -0.1) is 0 Å². The molecular weight excluding hydrogens is 314 g/mol. The van der Waals surface area contributed by atoms with Crippen LogP contribution in [-0.2, 0) is 10.4 Å². The number of carbonyl (C=O) groups excluding carboxylic acids is 1. The number of nitrogens with one attached hydrogen (secondary N) is 1. The zero-order chi connectivity index (χ0) is 17.7. The first-order chi connectivity index (χ1) is 12.0. The van der Waals surface area contributed by atoms with Crippen LogP contribution >= 0.6 is 0 Å². The predicted octanol–water partition coefficient (Wildman–Crippen LogP) is 3.24. The molecule has 4 heteroatoms. The minimum absolute atomic E-state index is 0.0940. The Morgan fingerprint density at radius 3 is 2.44 bits per heavy atom. The van der Waals surface area contributed by atoms with Crippen molar-refractivity contribution < 1.29 is 14.6 Å². The second-order valence-corrected chi connectivity index (χ2v) is 6.21. The highest BCUT2D eigenvalue weighted by molar-refractivity contribution is 5.84. The summed E-state index contributed by atoms with van der Waals surface area (Å²) >= 11 is 0. The molecule has 2 N–H and O–H groups in total. The minimum atomic E-state index is -1.13. The summed E-state index contributed by atoms with van der Waals surface area (Å²) in [6.45, 7) is 1.70. The average molecular weight is 335 g/mol. The number of benzene rings is 3. The van der Waals surface area contributed by atoms with Crippen molar-refractivity contribution in [3.8, 4) is 5.75 Å². The van der Waals surface area contributed by atoms with Crippen LogP contribution in [0.2, 0.25) is 0 Å². The van der Waals surface area contributed by atoms with Crippen molar-refractivity contribution in [3.63, 3.8) is 0 Å². The van der Waals surface area contributed by atoms with Crippen molar-refractivity contribution in [2.24, 2.45) is 0 Å². The third kappa shape index (κ3) is 4.37. The van der Waals surface area contributed by atoms with Crippen molar-refractivity contribution in [1.29, 1.82) is 0 Å². The molecule has 0 aliphatic rings. The smallest absolute Gasteiger partial charge is 0.258 e. The van der Waals surface area contributed by atoms with Gasteiger partial charge in [0.2, 0.25) is 0 Å². The van der Waals surface area contributed by atoms with Crippen molar-refractivity contribution in [2.45, 2.75) is 12.5 Å². The van der Waals surface area contributed by atoms with Gasteiger partial charge in [0.25, 0.3) is 5.91 Å². The van der Waals surface area contributed by atoms with Gasteiger partial charge in [0.15, 0.2) is 6.61 Å². The lowest BCUT2D eigenvalue weighted by Crippen LogP contribution is -2.40. The van der Waals surface area contributed by atoms with Gasteiger partial charge >= 0.3 is 0 Å². The zero-order valence-corrected chi connectivity index (χ0v) is 14.1. The molecule has 0 unspecified atom stereocenters. The van der Waals surface area contributed by atoms with Crippen molar-refractivity contribution in [3.05, 3.63) is 78.4 Å². The Bertz CT molecular complexity index is 859. The van der Waals surface area contributed by atoms with Gasteiger partial charge in [-0.1, -0.05) is 60.7 Å². The van der Waals surface area contributed by atoms with Crippen molar-refractivity contribution in [2.75, 3.05) is 13.2 Å². The largest absolute Gasteiger partial charge is 0.484 e. The van der Waals surface area contributed by atoms with Crippen LogP contribution in [0.4, 0.5) is 0 Å². The van der Waals surface area contributed by atoms with E-state index < -0.39 is 5.60 Å². The predicted molar refractivity (Wildman–Crippen MR) is 98.5 cm³/mol. The number of aliphatic hydroxyl groups is 1. The Balaban J connectivity index is 1.54. The Morgan fingerprint density at radius 1 is 1.00 bits per heavy atom. The van der Waals surface area contributed by atoms with E-state index >= 15 is 0 Å². The summed E-state index contributed by atoms with van der Waals surface area (Å²) in [5.74, 6) is 0.369. The third-order valence-corrected chi connectivity index (χ3v) is 4.12. The van der Waals surface area contributed by atoms with E-state index in [-0.39, 0.29) is 19.1 Å². The highest BCUT2D eigenvalue weighted by Gasteiger charge is 2.23. The molecule has 0 radical (unpaired) electrons. The molecule has 3 aromatic rings. The van der Waals surface area contributed by atoms with Gasteiger partial charge in [-0.05, 0) is 35.4 Å². The Kier molecular flexibility index (Phi) is 5.00. The fourth-order valence-corrected chi connectivity index (χ4v) is 2.63. The van der Waals surface area contributed by atoms with E-state index in [2.05, 4.69) is 5.32 Å². The van der Waals surface area contributed by atoms with Gasteiger partial charge < -0.3 is 15.2 Å². The lowest BCUT2D eigenvalue weighted by atomic mass is 9.96. The van der Waals surface area contributed by atoms with Gasteiger partial charge in [0.05, 0.1) is 6.54 Å². The first-order valence-electron chi connectivity index (χ1n) is 8.21.